The molecular weight excluding hydrogens is 594 g/mol. The van der Waals surface area contributed by atoms with Crippen LogP contribution in [0.3, 0.4) is 0 Å². The van der Waals surface area contributed by atoms with Crippen molar-refractivity contribution in [3.63, 3.8) is 0 Å². The topological polar surface area (TPSA) is 245 Å². The maximum atomic E-state index is 12.8. The van der Waals surface area contributed by atoms with Crippen molar-refractivity contribution in [2.75, 3.05) is 50.0 Å². The second kappa shape index (κ2) is 12.7. The van der Waals surface area contributed by atoms with Crippen LogP contribution in [0.2, 0.25) is 0 Å². The van der Waals surface area contributed by atoms with E-state index < -0.39 is 50.1 Å². The summed E-state index contributed by atoms with van der Waals surface area (Å²) in [5.74, 6) is -1.80. The lowest BCUT2D eigenvalue weighted by atomic mass is 9.81. The van der Waals surface area contributed by atoms with Gasteiger partial charge in [-0.2, -0.15) is 0 Å². The number of nitro groups is 2. The molecule has 0 aliphatic carbocycles. The summed E-state index contributed by atoms with van der Waals surface area (Å²) in [4.78, 5) is 60.8. The van der Waals surface area contributed by atoms with Crippen molar-refractivity contribution in [2.24, 2.45) is 16.9 Å². The molecule has 0 radical (unpaired) electrons. The predicted molar refractivity (Wildman–Crippen MR) is 161 cm³/mol. The van der Waals surface area contributed by atoms with Gasteiger partial charge in [0.05, 0.1) is 15.3 Å². The fourth-order valence-corrected chi connectivity index (χ4v) is 4.94. The van der Waals surface area contributed by atoms with Crippen LogP contribution in [0, 0.1) is 25.6 Å². The third-order valence-corrected chi connectivity index (χ3v) is 7.10. The van der Waals surface area contributed by atoms with E-state index in [1.165, 1.54) is 17.0 Å². The Morgan fingerprint density at radius 2 is 1.27 bits per heavy atom. The van der Waals surface area contributed by atoms with Crippen LogP contribution in [0.1, 0.15) is 54.3 Å². The highest BCUT2D eigenvalue weighted by Gasteiger charge is 2.49. The molecule has 1 saturated heterocycles. The molecule has 2 aliphatic heterocycles. The lowest BCUT2D eigenvalue weighted by Gasteiger charge is -2.49. The first-order valence-corrected chi connectivity index (χ1v) is 14.0. The Morgan fingerprint density at radius 3 is 1.62 bits per heavy atom. The number of nitrogens with zero attached hydrogens (tertiary/aromatic N) is 3. The van der Waals surface area contributed by atoms with Gasteiger partial charge in [-0.3, -0.25) is 29.8 Å². The quantitative estimate of drug-likeness (QED) is 0.282. The van der Waals surface area contributed by atoms with E-state index >= 15 is 0 Å². The SMILES string of the molecule is CC(C)(C)OC(=O)N1CC2(COc3cc(C(N)=O)cc([N+](=O)[O-])c3NCCCCNc3c(cc(C(N)=O)cc3[N+](=O)[O-])OC2)C1. The van der Waals surface area contributed by atoms with Crippen molar-refractivity contribution in [1.29, 1.82) is 0 Å². The minimum Gasteiger partial charge on any atom is -0.490 e. The van der Waals surface area contributed by atoms with Gasteiger partial charge in [-0.25, -0.2) is 4.79 Å². The Bertz CT molecular complexity index is 1440. The van der Waals surface area contributed by atoms with Crippen molar-refractivity contribution in [1.82, 2.24) is 4.90 Å². The van der Waals surface area contributed by atoms with Crippen LogP contribution in [0.25, 0.3) is 0 Å². The summed E-state index contributed by atoms with van der Waals surface area (Å²) in [5, 5.41) is 30.0. The van der Waals surface area contributed by atoms with Gasteiger partial charge in [0.15, 0.2) is 11.4 Å². The number of amides is 3. The van der Waals surface area contributed by atoms with Gasteiger partial charge in [0.1, 0.15) is 30.3 Å². The molecule has 0 aromatic heterocycles. The Balaban J connectivity index is 1.76. The molecule has 2 aliphatic rings. The molecule has 6 N–H and O–H groups in total. The van der Waals surface area contributed by atoms with Gasteiger partial charge in [0.25, 0.3) is 11.4 Å². The molecule has 0 atom stereocenters. The first-order valence-electron chi connectivity index (χ1n) is 14.0. The number of likely N-dealkylation sites (tertiary alicyclic amines) is 1. The second-order valence-corrected chi connectivity index (χ2v) is 12.0. The Morgan fingerprint density at radius 1 is 0.844 bits per heavy atom. The van der Waals surface area contributed by atoms with Gasteiger partial charge in [-0.1, -0.05) is 0 Å². The summed E-state index contributed by atoms with van der Waals surface area (Å²) < 4.78 is 17.7. The molecule has 45 heavy (non-hydrogen) atoms. The lowest BCUT2D eigenvalue weighted by molar-refractivity contribution is -0.384. The normalized spacial score (nSPS) is 16.4. The minimum absolute atomic E-state index is 0.00635. The van der Waals surface area contributed by atoms with Crippen molar-refractivity contribution >= 4 is 40.7 Å². The number of ether oxygens (including phenoxy) is 3. The molecule has 2 heterocycles. The summed E-state index contributed by atoms with van der Waals surface area (Å²) >= 11 is 0. The Labute approximate surface area is 257 Å². The van der Waals surface area contributed by atoms with E-state index in [1.807, 2.05) is 0 Å². The third-order valence-electron chi connectivity index (χ3n) is 7.10. The average molecular weight is 630 g/mol. The van der Waals surface area contributed by atoms with Crippen LogP contribution in [-0.4, -0.2) is 77.6 Å². The molecular formula is C28H35N7O10. The van der Waals surface area contributed by atoms with Crippen LogP contribution in [0.15, 0.2) is 24.3 Å². The molecule has 0 bridgehead atoms. The monoisotopic (exact) mass is 629 g/mol. The molecule has 17 heteroatoms. The zero-order chi connectivity index (χ0) is 33.1. The second-order valence-electron chi connectivity index (χ2n) is 12.0. The number of fused-ring (bicyclic) bond motifs is 2. The molecule has 3 amide bonds. The molecule has 242 valence electrons. The van der Waals surface area contributed by atoms with Crippen molar-refractivity contribution < 1.29 is 38.4 Å². The van der Waals surface area contributed by atoms with Gasteiger partial charge in [0, 0.05) is 49.4 Å². The van der Waals surface area contributed by atoms with E-state index in [0.717, 1.165) is 12.1 Å². The number of nitro benzene ring substituents is 2. The number of rotatable bonds is 4. The smallest absolute Gasteiger partial charge is 0.410 e. The number of nitrogens with one attached hydrogen (secondary N) is 2. The van der Waals surface area contributed by atoms with Crippen LogP contribution in [-0.2, 0) is 4.74 Å². The molecule has 4 rings (SSSR count). The number of carbonyl (C=O) groups excluding carboxylic acids is 3. The highest BCUT2D eigenvalue weighted by atomic mass is 16.6. The van der Waals surface area contributed by atoms with Crippen LogP contribution in [0.4, 0.5) is 27.5 Å². The summed E-state index contributed by atoms with van der Waals surface area (Å²) in [5.41, 5.74) is 8.13. The summed E-state index contributed by atoms with van der Waals surface area (Å²) in [6, 6.07) is 4.72. The van der Waals surface area contributed by atoms with Gasteiger partial charge in [0.2, 0.25) is 11.8 Å². The third kappa shape index (κ3) is 7.60. The number of anilines is 2. The van der Waals surface area contributed by atoms with Crippen LogP contribution >= 0.6 is 0 Å². The zero-order valence-electron chi connectivity index (χ0n) is 25.0. The first-order chi connectivity index (χ1) is 21.1. The van der Waals surface area contributed by atoms with E-state index in [2.05, 4.69) is 10.6 Å². The molecule has 0 saturated carbocycles. The fourth-order valence-electron chi connectivity index (χ4n) is 4.94. The van der Waals surface area contributed by atoms with E-state index in [1.54, 1.807) is 20.8 Å². The number of primary amides is 2. The highest BCUT2D eigenvalue weighted by molar-refractivity contribution is 5.96. The molecule has 1 fully saturated rings. The van der Waals surface area contributed by atoms with E-state index in [9.17, 15) is 34.6 Å². The molecule has 2 aromatic rings. The number of benzene rings is 2. The zero-order valence-corrected chi connectivity index (χ0v) is 25.0. The Kier molecular flexibility index (Phi) is 9.20. The standard InChI is InChI=1S/C28H35N7O10/c1-27(2,3)45-26(38)33-12-28(13-33)14-43-20-10-16(24(29)36)8-18(34(39)40)22(20)31-6-4-5-7-32-23-19(35(41)42)9-17(25(30)37)11-21(23)44-15-28/h8-11,31-32H,4-7,12-15H2,1-3H3,(H2,29,36)(H2,30,37). The van der Waals surface area contributed by atoms with Crippen molar-refractivity contribution in [3.05, 3.63) is 55.6 Å². The van der Waals surface area contributed by atoms with E-state index in [-0.39, 0.29) is 73.4 Å². The number of nitrogens with two attached hydrogens (primary N) is 2. The van der Waals surface area contributed by atoms with Gasteiger partial charge < -0.3 is 41.2 Å². The molecule has 1 spiro atoms. The van der Waals surface area contributed by atoms with Crippen LogP contribution in [0.5, 0.6) is 11.5 Å². The minimum atomic E-state index is -0.958. The Hall–Kier alpha value is -5.35. The highest BCUT2D eigenvalue weighted by Crippen LogP contribution is 2.41. The molecule has 2 aromatic carbocycles. The largest absolute Gasteiger partial charge is 0.490 e. The molecule has 0 unspecified atom stereocenters. The summed E-state index contributed by atoms with van der Waals surface area (Å²) in [6.07, 6.45) is 0.352. The molecule has 17 nitrogen and oxygen atoms in total. The van der Waals surface area contributed by atoms with Crippen LogP contribution < -0.4 is 31.6 Å². The number of hydrogen-bond acceptors (Lipinski definition) is 12. The van der Waals surface area contributed by atoms with Gasteiger partial charge in [-0.05, 0) is 45.7 Å². The summed E-state index contributed by atoms with van der Waals surface area (Å²) in [6.45, 7) is 5.44. The lowest BCUT2D eigenvalue weighted by Crippen LogP contribution is -2.64. The summed E-state index contributed by atoms with van der Waals surface area (Å²) in [7, 11) is 0. The number of hydrogen-bond donors (Lipinski definition) is 4. The van der Waals surface area contributed by atoms with Crippen molar-refractivity contribution in [2.45, 2.75) is 39.2 Å². The van der Waals surface area contributed by atoms with Gasteiger partial charge in [-0.15, -0.1) is 0 Å². The number of carbonyl (C=O) groups is 3. The van der Waals surface area contributed by atoms with E-state index in [0.29, 0.717) is 12.8 Å². The first kappa shape index (κ1) is 32.6. The van der Waals surface area contributed by atoms with Gasteiger partial charge >= 0.3 is 6.09 Å². The predicted octanol–water partition coefficient (Wildman–Crippen LogP) is 3.01. The fraction of sp³-hybridized carbons (Fsp3) is 0.464. The maximum Gasteiger partial charge on any atom is 0.410 e. The van der Waals surface area contributed by atoms with E-state index in [4.69, 9.17) is 25.7 Å². The maximum absolute atomic E-state index is 12.8. The average Bonchev–Trinajstić information content (AvgIpc) is 2.92. The van der Waals surface area contributed by atoms with Crippen molar-refractivity contribution in [3.8, 4) is 11.5 Å².